The van der Waals surface area contributed by atoms with Crippen molar-refractivity contribution >= 4 is 16.8 Å². The number of hydrogen-bond acceptors (Lipinski definition) is 5. The normalized spacial score (nSPS) is 15.7. The van der Waals surface area contributed by atoms with Crippen molar-refractivity contribution in [3.8, 4) is 17.0 Å². The Morgan fingerprint density at radius 3 is 2.77 bits per heavy atom. The van der Waals surface area contributed by atoms with Crippen LogP contribution in [0.4, 0.5) is 4.39 Å². The van der Waals surface area contributed by atoms with Gasteiger partial charge < -0.3 is 9.72 Å². The average Bonchev–Trinajstić information content (AvgIpc) is 3.73. The van der Waals surface area contributed by atoms with E-state index in [1.54, 1.807) is 23.0 Å². The molecule has 6 rings (SSSR count). The highest BCUT2D eigenvalue weighted by Crippen LogP contribution is 2.28. The Morgan fingerprint density at radius 1 is 1.14 bits per heavy atom. The second-order valence-corrected chi connectivity index (χ2v) is 12.0. The standard InChI is InChI=1S/C33H35FN6O3/c1-33(2,21-38-14-12-26(34)20-38)22-43-27-10-11-29-24(15-27)16-30(36-29)28-9-6-13-40(32(28)42)37-31(41)25-17-35-39(19-25)18-23-7-4-3-5-8-23/h3-11,13,15-17,19,26,36H,12,14,18,20-22H2,1-2H3,(H,37,41). The van der Waals surface area contributed by atoms with E-state index >= 15 is 0 Å². The van der Waals surface area contributed by atoms with Crippen LogP contribution in [0.5, 0.6) is 5.75 Å². The van der Waals surface area contributed by atoms with Crippen LogP contribution in [-0.2, 0) is 6.54 Å². The third kappa shape index (κ3) is 6.70. The number of H-pyrrole nitrogens is 1. The number of likely N-dealkylation sites (tertiary alicyclic amines) is 1. The number of aromatic amines is 1. The molecule has 1 aliphatic rings. The molecular formula is C33H35FN6O3. The first-order valence-electron chi connectivity index (χ1n) is 14.4. The second-order valence-electron chi connectivity index (χ2n) is 12.0. The number of hydrogen-bond donors (Lipinski definition) is 2. The number of fused-ring (bicyclic) bond motifs is 1. The fourth-order valence-electron chi connectivity index (χ4n) is 5.50. The SMILES string of the molecule is CC(C)(COc1ccc2[nH]c(-c3cccn(NC(=O)c4cnn(Cc5ccccc5)c4)c3=O)cc2c1)CN1CCC(F)C1. The molecule has 5 aromatic rings. The molecule has 3 aromatic heterocycles. The first kappa shape index (κ1) is 28.4. The quantitative estimate of drug-likeness (QED) is 0.240. The molecule has 0 spiro atoms. The lowest BCUT2D eigenvalue weighted by molar-refractivity contribution is 0.101. The summed E-state index contributed by atoms with van der Waals surface area (Å²) in [6.07, 6.45) is 4.52. The number of aromatic nitrogens is 4. The maximum absolute atomic E-state index is 13.6. The minimum atomic E-state index is -0.734. The zero-order valence-corrected chi connectivity index (χ0v) is 24.3. The maximum atomic E-state index is 13.6. The van der Waals surface area contributed by atoms with E-state index in [2.05, 4.69) is 34.3 Å². The monoisotopic (exact) mass is 582 g/mol. The van der Waals surface area contributed by atoms with E-state index in [0.29, 0.717) is 42.9 Å². The summed E-state index contributed by atoms with van der Waals surface area (Å²) < 4.78 is 22.6. The summed E-state index contributed by atoms with van der Waals surface area (Å²) in [4.78, 5) is 31.8. The van der Waals surface area contributed by atoms with Crippen molar-refractivity contribution in [2.75, 3.05) is 31.7 Å². The molecule has 0 saturated carbocycles. The van der Waals surface area contributed by atoms with E-state index in [1.165, 1.54) is 17.1 Å². The van der Waals surface area contributed by atoms with Gasteiger partial charge in [-0.3, -0.25) is 24.6 Å². The summed E-state index contributed by atoms with van der Waals surface area (Å²) >= 11 is 0. The van der Waals surface area contributed by atoms with Crippen LogP contribution in [0.15, 0.2) is 90.1 Å². The molecule has 1 saturated heterocycles. The number of amides is 1. The van der Waals surface area contributed by atoms with Gasteiger partial charge in [0.15, 0.2) is 0 Å². The molecule has 43 heavy (non-hydrogen) atoms. The van der Waals surface area contributed by atoms with Crippen LogP contribution >= 0.6 is 0 Å². The number of pyridine rings is 1. The number of carbonyl (C=O) groups is 1. The first-order chi connectivity index (χ1) is 20.7. The molecule has 10 heteroatoms. The highest BCUT2D eigenvalue weighted by molar-refractivity contribution is 5.99. The highest BCUT2D eigenvalue weighted by Gasteiger charge is 2.28. The van der Waals surface area contributed by atoms with Crippen molar-refractivity contribution in [2.24, 2.45) is 5.41 Å². The van der Waals surface area contributed by atoms with E-state index in [1.807, 2.05) is 54.6 Å². The van der Waals surface area contributed by atoms with Crippen LogP contribution in [0.2, 0.25) is 0 Å². The summed E-state index contributed by atoms with van der Waals surface area (Å²) in [7, 11) is 0. The van der Waals surface area contributed by atoms with Gasteiger partial charge in [-0.25, -0.2) is 9.07 Å². The number of alkyl halides is 1. The van der Waals surface area contributed by atoms with Crippen LogP contribution in [0.1, 0.15) is 36.2 Å². The molecule has 2 N–H and O–H groups in total. The van der Waals surface area contributed by atoms with Gasteiger partial charge >= 0.3 is 0 Å². The maximum Gasteiger partial charge on any atom is 0.278 e. The van der Waals surface area contributed by atoms with E-state index in [4.69, 9.17) is 4.74 Å². The van der Waals surface area contributed by atoms with Crippen molar-refractivity contribution in [1.29, 1.82) is 0 Å². The van der Waals surface area contributed by atoms with Gasteiger partial charge in [-0.15, -0.1) is 0 Å². The predicted octanol–water partition coefficient (Wildman–Crippen LogP) is 5.07. The molecule has 0 radical (unpaired) electrons. The van der Waals surface area contributed by atoms with Crippen LogP contribution in [0.3, 0.4) is 0 Å². The largest absolute Gasteiger partial charge is 0.493 e. The number of benzene rings is 2. The van der Waals surface area contributed by atoms with E-state index in [9.17, 15) is 14.0 Å². The Morgan fingerprint density at radius 2 is 1.98 bits per heavy atom. The fraction of sp³-hybridized carbons (Fsp3) is 0.303. The molecule has 1 atom stereocenters. The van der Waals surface area contributed by atoms with Crippen LogP contribution in [0.25, 0.3) is 22.2 Å². The van der Waals surface area contributed by atoms with Gasteiger partial charge in [0.25, 0.3) is 11.5 Å². The van der Waals surface area contributed by atoms with Crippen molar-refractivity contribution in [3.63, 3.8) is 0 Å². The number of rotatable bonds is 10. The predicted molar refractivity (Wildman–Crippen MR) is 165 cm³/mol. The minimum Gasteiger partial charge on any atom is -0.493 e. The Bertz CT molecular complexity index is 1790. The van der Waals surface area contributed by atoms with Gasteiger partial charge in [0.1, 0.15) is 11.9 Å². The van der Waals surface area contributed by atoms with Crippen molar-refractivity contribution in [1.82, 2.24) is 24.3 Å². The first-order valence-corrected chi connectivity index (χ1v) is 14.4. The zero-order chi connectivity index (χ0) is 30.0. The number of nitrogens with one attached hydrogen (secondary N) is 2. The number of carbonyl (C=O) groups excluding carboxylic acids is 1. The van der Waals surface area contributed by atoms with Crippen molar-refractivity contribution in [2.45, 2.75) is 33.0 Å². The van der Waals surface area contributed by atoms with Gasteiger partial charge in [0, 0.05) is 48.3 Å². The topological polar surface area (TPSA) is 97.2 Å². The molecule has 1 amide bonds. The van der Waals surface area contributed by atoms with Gasteiger partial charge in [-0.05, 0) is 48.4 Å². The van der Waals surface area contributed by atoms with Crippen LogP contribution in [-0.4, -0.2) is 62.7 Å². The molecule has 9 nitrogen and oxygen atoms in total. The average molecular weight is 583 g/mol. The molecule has 0 bridgehead atoms. The summed E-state index contributed by atoms with van der Waals surface area (Å²) in [6.45, 7) is 7.34. The molecule has 4 heterocycles. The number of nitrogens with zero attached hydrogens (tertiary/aromatic N) is 4. The lowest BCUT2D eigenvalue weighted by Gasteiger charge is -2.29. The summed E-state index contributed by atoms with van der Waals surface area (Å²) in [6, 6.07) is 20.9. The van der Waals surface area contributed by atoms with E-state index in [0.717, 1.165) is 35.3 Å². The lowest BCUT2D eigenvalue weighted by atomic mass is 9.94. The van der Waals surface area contributed by atoms with Crippen LogP contribution in [0, 0.1) is 5.41 Å². The highest BCUT2D eigenvalue weighted by atomic mass is 19.1. The Kier molecular flexibility index (Phi) is 7.86. The van der Waals surface area contributed by atoms with Gasteiger partial charge in [0.05, 0.1) is 36.2 Å². The molecule has 222 valence electrons. The summed E-state index contributed by atoms with van der Waals surface area (Å²) in [5.74, 6) is 0.288. The second kappa shape index (κ2) is 11.9. The number of halogens is 1. The van der Waals surface area contributed by atoms with Crippen molar-refractivity contribution in [3.05, 3.63) is 107 Å². The fourth-order valence-corrected chi connectivity index (χ4v) is 5.50. The molecule has 0 aliphatic carbocycles. The molecule has 2 aromatic carbocycles. The Hall–Kier alpha value is -4.70. The van der Waals surface area contributed by atoms with E-state index < -0.39 is 12.1 Å². The smallest absolute Gasteiger partial charge is 0.278 e. The van der Waals surface area contributed by atoms with Gasteiger partial charge in [-0.1, -0.05) is 44.2 Å². The lowest BCUT2D eigenvalue weighted by Crippen LogP contribution is -2.36. The van der Waals surface area contributed by atoms with Gasteiger partial charge in [-0.2, -0.15) is 5.10 Å². The third-order valence-corrected chi connectivity index (χ3v) is 7.63. The minimum absolute atomic E-state index is 0.136. The van der Waals surface area contributed by atoms with E-state index in [-0.39, 0.29) is 11.0 Å². The van der Waals surface area contributed by atoms with Crippen LogP contribution < -0.4 is 15.7 Å². The molecule has 1 aliphatic heterocycles. The summed E-state index contributed by atoms with van der Waals surface area (Å²) in [5, 5.41) is 5.18. The Labute approximate surface area is 248 Å². The Balaban J connectivity index is 1.13. The summed E-state index contributed by atoms with van der Waals surface area (Å²) in [5.41, 5.74) is 5.49. The molecule has 1 unspecified atom stereocenters. The number of ether oxygens (including phenoxy) is 1. The molecule has 1 fully saturated rings. The zero-order valence-electron chi connectivity index (χ0n) is 24.3. The molecular weight excluding hydrogens is 547 g/mol. The third-order valence-electron chi connectivity index (χ3n) is 7.63. The van der Waals surface area contributed by atoms with Gasteiger partial charge in [0.2, 0.25) is 0 Å². The van der Waals surface area contributed by atoms with Crippen molar-refractivity contribution < 1.29 is 13.9 Å².